The second-order valence-electron chi connectivity index (χ2n) is 4.32. The summed E-state index contributed by atoms with van der Waals surface area (Å²) < 4.78 is 28.5. The second kappa shape index (κ2) is 5.46. The minimum Gasteiger partial charge on any atom is -0.275 e. The zero-order valence-corrected chi connectivity index (χ0v) is 10.8. The van der Waals surface area contributed by atoms with E-state index >= 15 is 0 Å². The lowest BCUT2D eigenvalue weighted by molar-refractivity contribution is 0.540. The molecule has 1 unspecified atom stereocenters. The van der Waals surface area contributed by atoms with Crippen LogP contribution in [0.25, 0.3) is 0 Å². The molecular weight excluding hydrogens is 250 g/mol. The Bertz CT molecular complexity index is 580. The molecule has 0 aliphatic heterocycles. The Hall–Kier alpha value is -1.79. The van der Waals surface area contributed by atoms with Crippen LogP contribution >= 0.6 is 0 Å². The molecule has 0 radical (unpaired) electrons. The molecule has 19 heavy (non-hydrogen) atoms. The van der Waals surface area contributed by atoms with Crippen molar-refractivity contribution in [1.29, 1.82) is 0 Å². The summed E-state index contributed by atoms with van der Waals surface area (Å²) in [4.78, 5) is 0. The van der Waals surface area contributed by atoms with E-state index in [2.05, 4.69) is 10.5 Å². The van der Waals surface area contributed by atoms with E-state index in [1.54, 1.807) is 17.9 Å². The maximum Gasteiger partial charge on any atom is 0.131 e. The van der Waals surface area contributed by atoms with Crippen LogP contribution < -0.4 is 11.3 Å². The third-order valence-corrected chi connectivity index (χ3v) is 3.02. The van der Waals surface area contributed by atoms with Gasteiger partial charge in [-0.25, -0.2) is 14.2 Å². The first-order chi connectivity index (χ1) is 9.06. The monoisotopic (exact) mass is 266 g/mol. The van der Waals surface area contributed by atoms with E-state index < -0.39 is 17.7 Å². The highest BCUT2D eigenvalue weighted by Gasteiger charge is 2.21. The van der Waals surface area contributed by atoms with Crippen LogP contribution in [0, 0.1) is 11.6 Å². The highest BCUT2D eigenvalue weighted by atomic mass is 19.1. The van der Waals surface area contributed by atoms with E-state index in [1.165, 1.54) is 12.1 Å². The van der Waals surface area contributed by atoms with E-state index in [0.717, 1.165) is 17.3 Å². The summed E-state index contributed by atoms with van der Waals surface area (Å²) in [6.45, 7) is 1.96. The molecule has 1 aromatic carbocycles. The van der Waals surface area contributed by atoms with Gasteiger partial charge in [-0.1, -0.05) is 13.0 Å². The molecule has 4 nitrogen and oxygen atoms in total. The summed E-state index contributed by atoms with van der Waals surface area (Å²) in [5.41, 5.74) is 4.48. The van der Waals surface area contributed by atoms with Crippen molar-refractivity contribution in [2.75, 3.05) is 0 Å². The van der Waals surface area contributed by atoms with Gasteiger partial charge in [-0.05, 0) is 12.5 Å². The first-order valence-electron chi connectivity index (χ1n) is 6.00. The Balaban J connectivity index is 2.49. The topological polar surface area (TPSA) is 55.9 Å². The van der Waals surface area contributed by atoms with Gasteiger partial charge in [-0.3, -0.25) is 10.5 Å². The first-order valence-corrected chi connectivity index (χ1v) is 6.00. The zero-order valence-electron chi connectivity index (χ0n) is 10.8. The molecule has 1 heterocycles. The minimum atomic E-state index is -0.631. The average molecular weight is 266 g/mol. The molecule has 0 fully saturated rings. The maximum atomic E-state index is 13.9. The Morgan fingerprint density at radius 1 is 1.37 bits per heavy atom. The number of rotatable bonds is 4. The number of hydrogen-bond acceptors (Lipinski definition) is 3. The standard InChI is InChI=1S/C13H16F2N4/c1-3-12-10(7-19(2)18-12)13(17-16)9-5-4-8(14)6-11(9)15/h4-7,13,17H,3,16H2,1-2H3. The number of aromatic nitrogens is 2. The molecule has 1 atom stereocenters. The summed E-state index contributed by atoms with van der Waals surface area (Å²) >= 11 is 0. The normalized spacial score (nSPS) is 12.7. The molecule has 0 amide bonds. The number of nitrogens with two attached hydrogens (primary N) is 1. The second-order valence-corrected chi connectivity index (χ2v) is 4.32. The van der Waals surface area contributed by atoms with Crippen LogP contribution in [0.3, 0.4) is 0 Å². The molecule has 2 rings (SSSR count). The largest absolute Gasteiger partial charge is 0.275 e. The van der Waals surface area contributed by atoms with Crippen molar-refractivity contribution in [3.05, 3.63) is 52.9 Å². The number of nitrogens with one attached hydrogen (secondary N) is 1. The van der Waals surface area contributed by atoms with E-state index in [0.29, 0.717) is 12.0 Å². The van der Waals surface area contributed by atoms with Crippen molar-refractivity contribution in [3.63, 3.8) is 0 Å². The number of hydrogen-bond donors (Lipinski definition) is 2. The van der Waals surface area contributed by atoms with Crippen molar-refractivity contribution in [2.24, 2.45) is 12.9 Å². The molecule has 2 aromatic rings. The highest BCUT2D eigenvalue weighted by molar-refractivity contribution is 5.34. The molecule has 0 saturated carbocycles. The third kappa shape index (κ3) is 2.64. The number of hydrazine groups is 1. The molecular formula is C13H16F2N4. The number of aryl methyl sites for hydroxylation is 2. The Kier molecular flexibility index (Phi) is 3.92. The molecule has 0 saturated heterocycles. The van der Waals surface area contributed by atoms with Gasteiger partial charge < -0.3 is 0 Å². The van der Waals surface area contributed by atoms with Gasteiger partial charge >= 0.3 is 0 Å². The van der Waals surface area contributed by atoms with Crippen molar-refractivity contribution in [3.8, 4) is 0 Å². The molecule has 0 spiro atoms. The SMILES string of the molecule is CCc1nn(C)cc1C(NN)c1ccc(F)cc1F. The van der Waals surface area contributed by atoms with Crippen molar-refractivity contribution >= 4 is 0 Å². The van der Waals surface area contributed by atoms with E-state index in [1.807, 2.05) is 6.92 Å². The van der Waals surface area contributed by atoms with E-state index in [-0.39, 0.29) is 0 Å². The lowest BCUT2D eigenvalue weighted by Crippen LogP contribution is -2.30. The summed E-state index contributed by atoms with van der Waals surface area (Å²) in [5.74, 6) is 4.29. The quantitative estimate of drug-likeness (QED) is 0.655. The van der Waals surface area contributed by atoms with E-state index in [9.17, 15) is 8.78 Å². The zero-order chi connectivity index (χ0) is 14.0. The van der Waals surface area contributed by atoms with Gasteiger partial charge in [-0.2, -0.15) is 5.10 Å². The third-order valence-electron chi connectivity index (χ3n) is 3.02. The molecule has 6 heteroatoms. The fourth-order valence-corrected chi connectivity index (χ4v) is 2.15. The molecule has 0 aliphatic rings. The van der Waals surface area contributed by atoms with Crippen LogP contribution in [0.1, 0.15) is 29.8 Å². The number of benzene rings is 1. The van der Waals surface area contributed by atoms with Gasteiger partial charge in [0.05, 0.1) is 11.7 Å². The van der Waals surface area contributed by atoms with Gasteiger partial charge in [0.15, 0.2) is 0 Å². The molecule has 1 aromatic heterocycles. The lowest BCUT2D eigenvalue weighted by atomic mass is 9.98. The highest BCUT2D eigenvalue weighted by Crippen LogP contribution is 2.26. The number of halogens is 2. The predicted octanol–water partition coefficient (Wildman–Crippen LogP) is 1.81. The van der Waals surface area contributed by atoms with Crippen LogP contribution in [0.5, 0.6) is 0 Å². The van der Waals surface area contributed by atoms with Crippen LogP contribution in [-0.4, -0.2) is 9.78 Å². The lowest BCUT2D eigenvalue weighted by Gasteiger charge is -2.17. The van der Waals surface area contributed by atoms with Crippen molar-refractivity contribution in [1.82, 2.24) is 15.2 Å². The van der Waals surface area contributed by atoms with Crippen LogP contribution in [0.2, 0.25) is 0 Å². The Morgan fingerprint density at radius 3 is 2.68 bits per heavy atom. The smallest absolute Gasteiger partial charge is 0.131 e. The molecule has 3 N–H and O–H groups in total. The van der Waals surface area contributed by atoms with E-state index in [4.69, 9.17) is 5.84 Å². The summed E-state index contributed by atoms with van der Waals surface area (Å²) in [6.07, 6.45) is 2.49. The fourth-order valence-electron chi connectivity index (χ4n) is 2.15. The summed E-state index contributed by atoms with van der Waals surface area (Å²) in [6, 6.07) is 2.90. The summed E-state index contributed by atoms with van der Waals surface area (Å²) in [7, 11) is 1.79. The first kappa shape index (κ1) is 13.6. The summed E-state index contributed by atoms with van der Waals surface area (Å²) in [5, 5.41) is 4.30. The Labute approximate surface area is 110 Å². The predicted molar refractivity (Wildman–Crippen MR) is 68.1 cm³/mol. The van der Waals surface area contributed by atoms with Gasteiger partial charge in [0.25, 0.3) is 0 Å². The van der Waals surface area contributed by atoms with Crippen molar-refractivity contribution in [2.45, 2.75) is 19.4 Å². The fraction of sp³-hybridized carbons (Fsp3) is 0.308. The van der Waals surface area contributed by atoms with Gasteiger partial charge in [0.2, 0.25) is 0 Å². The molecule has 0 aliphatic carbocycles. The average Bonchev–Trinajstić information content (AvgIpc) is 2.74. The maximum absolute atomic E-state index is 13.9. The van der Waals surface area contributed by atoms with Gasteiger partial charge in [0.1, 0.15) is 11.6 Å². The van der Waals surface area contributed by atoms with Crippen LogP contribution in [-0.2, 0) is 13.5 Å². The minimum absolute atomic E-state index is 0.298. The van der Waals surface area contributed by atoms with Crippen molar-refractivity contribution < 1.29 is 8.78 Å². The number of nitrogens with zero attached hydrogens (tertiary/aromatic N) is 2. The Morgan fingerprint density at radius 2 is 2.11 bits per heavy atom. The molecule has 102 valence electrons. The molecule has 0 bridgehead atoms. The van der Waals surface area contributed by atoms with Gasteiger partial charge in [0, 0.05) is 30.4 Å². The van der Waals surface area contributed by atoms with Crippen LogP contribution in [0.4, 0.5) is 8.78 Å². The van der Waals surface area contributed by atoms with Crippen LogP contribution in [0.15, 0.2) is 24.4 Å². The van der Waals surface area contributed by atoms with Gasteiger partial charge in [-0.15, -0.1) is 0 Å².